The third-order valence-corrected chi connectivity index (χ3v) is 4.77. The largest absolute Gasteiger partial charge is 0.490 e. The van der Waals surface area contributed by atoms with Crippen molar-refractivity contribution in [1.82, 2.24) is 10.2 Å². The van der Waals surface area contributed by atoms with E-state index in [1.165, 1.54) is 6.42 Å². The Labute approximate surface area is 162 Å². The van der Waals surface area contributed by atoms with Gasteiger partial charge in [-0.2, -0.15) is 0 Å². The molecule has 1 fully saturated rings. The number of carbonyl (C=O) groups is 1. The highest BCUT2D eigenvalue weighted by atomic mass is 35.5. The quantitative estimate of drug-likeness (QED) is 0.697. The van der Waals surface area contributed by atoms with Crippen molar-refractivity contribution >= 4 is 17.5 Å². The fraction of sp³-hybridized carbons (Fsp3) is 0.650. The molecule has 1 aromatic carbocycles. The summed E-state index contributed by atoms with van der Waals surface area (Å²) in [6.07, 6.45) is 4.01. The number of ether oxygens (including phenoxy) is 2. The number of amides is 1. The van der Waals surface area contributed by atoms with Crippen molar-refractivity contribution in [2.24, 2.45) is 0 Å². The first-order valence-electron chi connectivity index (χ1n) is 9.71. The maximum atomic E-state index is 12.7. The van der Waals surface area contributed by atoms with Crippen LogP contribution in [0.15, 0.2) is 12.1 Å². The number of carbonyl (C=O) groups excluding carboxylic acids is 1. The van der Waals surface area contributed by atoms with E-state index in [1.54, 1.807) is 12.1 Å². The zero-order chi connectivity index (χ0) is 18.9. The predicted octanol–water partition coefficient (Wildman–Crippen LogP) is 4.13. The molecule has 0 unspecified atom stereocenters. The second-order valence-electron chi connectivity index (χ2n) is 6.66. The van der Waals surface area contributed by atoms with E-state index in [2.05, 4.69) is 17.1 Å². The lowest BCUT2D eigenvalue weighted by Crippen LogP contribution is -2.44. The van der Waals surface area contributed by atoms with Crippen molar-refractivity contribution < 1.29 is 14.3 Å². The molecule has 0 aromatic heterocycles. The molecule has 1 saturated heterocycles. The van der Waals surface area contributed by atoms with Gasteiger partial charge in [0.05, 0.1) is 18.2 Å². The van der Waals surface area contributed by atoms with Gasteiger partial charge in [-0.3, -0.25) is 4.79 Å². The summed E-state index contributed by atoms with van der Waals surface area (Å²) < 4.78 is 11.3. The van der Waals surface area contributed by atoms with Crippen LogP contribution in [0.2, 0.25) is 5.02 Å². The number of nitrogens with one attached hydrogen (secondary N) is 1. The average molecular weight is 383 g/mol. The molecule has 146 valence electrons. The number of hydrogen-bond acceptors (Lipinski definition) is 4. The van der Waals surface area contributed by atoms with Crippen LogP contribution < -0.4 is 14.8 Å². The van der Waals surface area contributed by atoms with Crippen LogP contribution in [0, 0.1) is 0 Å². The summed E-state index contributed by atoms with van der Waals surface area (Å²) in [6.45, 7) is 10.4. The smallest absolute Gasteiger partial charge is 0.251 e. The average Bonchev–Trinajstić information content (AvgIpc) is 2.63. The van der Waals surface area contributed by atoms with Gasteiger partial charge in [-0.25, -0.2) is 0 Å². The minimum atomic E-state index is -0.108. The Balaban J connectivity index is 2.04. The number of rotatable bonds is 9. The lowest BCUT2D eigenvalue weighted by atomic mass is 10.0. The first kappa shape index (κ1) is 20.8. The fourth-order valence-electron chi connectivity index (χ4n) is 3.19. The van der Waals surface area contributed by atoms with Gasteiger partial charge in [0.25, 0.3) is 5.91 Å². The van der Waals surface area contributed by atoms with E-state index in [9.17, 15) is 4.79 Å². The molecular weight excluding hydrogens is 352 g/mol. The zero-order valence-electron chi connectivity index (χ0n) is 16.1. The topological polar surface area (TPSA) is 50.8 Å². The van der Waals surface area contributed by atoms with Crippen molar-refractivity contribution in [3.63, 3.8) is 0 Å². The Morgan fingerprint density at radius 1 is 1.19 bits per heavy atom. The number of halogens is 1. The van der Waals surface area contributed by atoms with Gasteiger partial charge in [0.15, 0.2) is 11.5 Å². The van der Waals surface area contributed by atoms with E-state index < -0.39 is 0 Å². The van der Waals surface area contributed by atoms with Crippen LogP contribution in [0.1, 0.15) is 56.8 Å². The molecule has 2 rings (SSSR count). The monoisotopic (exact) mass is 382 g/mol. The van der Waals surface area contributed by atoms with E-state index >= 15 is 0 Å². The Bertz CT molecular complexity index is 587. The summed E-state index contributed by atoms with van der Waals surface area (Å²) in [6, 6.07) is 3.60. The van der Waals surface area contributed by atoms with Crippen molar-refractivity contribution in [3.8, 4) is 11.5 Å². The van der Waals surface area contributed by atoms with Gasteiger partial charge in [-0.05, 0) is 51.3 Å². The molecule has 0 atom stereocenters. The van der Waals surface area contributed by atoms with Crippen LogP contribution in [0.3, 0.4) is 0 Å². The van der Waals surface area contributed by atoms with Gasteiger partial charge < -0.3 is 19.7 Å². The highest BCUT2D eigenvalue weighted by molar-refractivity contribution is 6.32. The van der Waals surface area contributed by atoms with Crippen LogP contribution in [0.5, 0.6) is 11.5 Å². The molecule has 1 heterocycles. The van der Waals surface area contributed by atoms with Gasteiger partial charge in [0.2, 0.25) is 0 Å². The lowest BCUT2D eigenvalue weighted by Gasteiger charge is -2.32. The lowest BCUT2D eigenvalue weighted by molar-refractivity contribution is 0.0910. The Kier molecular flexibility index (Phi) is 8.52. The molecule has 1 aliphatic heterocycles. The van der Waals surface area contributed by atoms with E-state index in [4.69, 9.17) is 21.1 Å². The maximum Gasteiger partial charge on any atom is 0.251 e. The number of benzene rings is 1. The molecule has 1 amide bonds. The highest BCUT2D eigenvalue weighted by Crippen LogP contribution is 2.37. The van der Waals surface area contributed by atoms with Gasteiger partial charge in [-0.1, -0.05) is 25.4 Å². The summed E-state index contributed by atoms with van der Waals surface area (Å²) in [5.74, 6) is 0.931. The standard InChI is InChI=1S/C20H31ClN2O3/c1-4-9-23-10-7-16(8-11-23)22-20(24)15-13-17(21)19(26-12-5-2)18(14-15)25-6-3/h13-14,16H,4-12H2,1-3H3,(H,22,24). The molecule has 0 bridgehead atoms. The molecule has 5 nitrogen and oxygen atoms in total. The van der Waals surface area contributed by atoms with Gasteiger partial charge in [0.1, 0.15) is 0 Å². The Morgan fingerprint density at radius 2 is 1.92 bits per heavy atom. The molecule has 0 saturated carbocycles. The minimum absolute atomic E-state index is 0.108. The zero-order valence-corrected chi connectivity index (χ0v) is 16.9. The van der Waals surface area contributed by atoms with Gasteiger partial charge in [0, 0.05) is 24.7 Å². The summed E-state index contributed by atoms with van der Waals surface area (Å²) in [5.41, 5.74) is 0.512. The third-order valence-electron chi connectivity index (χ3n) is 4.48. The van der Waals surface area contributed by atoms with Crippen molar-refractivity contribution in [1.29, 1.82) is 0 Å². The van der Waals surface area contributed by atoms with E-state index in [0.29, 0.717) is 35.3 Å². The molecule has 6 heteroatoms. The molecule has 0 spiro atoms. The molecular formula is C20H31ClN2O3. The van der Waals surface area contributed by atoms with Crippen LogP contribution in [-0.4, -0.2) is 49.7 Å². The molecule has 1 aliphatic rings. The maximum absolute atomic E-state index is 12.7. The predicted molar refractivity (Wildman–Crippen MR) is 106 cm³/mol. The first-order valence-corrected chi connectivity index (χ1v) is 10.1. The minimum Gasteiger partial charge on any atom is -0.490 e. The Morgan fingerprint density at radius 3 is 2.54 bits per heavy atom. The summed E-state index contributed by atoms with van der Waals surface area (Å²) >= 11 is 6.36. The van der Waals surface area contributed by atoms with Crippen LogP contribution in [-0.2, 0) is 0 Å². The van der Waals surface area contributed by atoms with Crippen LogP contribution in [0.4, 0.5) is 0 Å². The number of nitrogens with zero attached hydrogens (tertiary/aromatic N) is 1. The fourth-order valence-corrected chi connectivity index (χ4v) is 3.46. The molecule has 1 aromatic rings. The normalized spacial score (nSPS) is 15.7. The molecule has 0 radical (unpaired) electrons. The summed E-state index contributed by atoms with van der Waals surface area (Å²) in [5, 5.41) is 3.55. The molecule has 0 aliphatic carbocycles. The number of likely N-dealkylation sites (tertiary alicyclic amines) is 1. The van der Waals surface area contributed by atoms with Gasteiger partial charge >= 0.3 is 0 Å². The van der Waals surface area contributed by atoms with Crippen molar-refractivity contribution in [2.45, 2.75) is 52.5 Å². The number of hydrogen-bond donors (Lipinski definition) is 1. The van der Waals surface area contributed by atoms with E-state index in [1.807, 2.05) is 13.8 Å². The summed E-state index contributed by atoms with van der Waals surface area (Å²) in [7, 11) is 0. The first-order chi connectivity index (χ1) is 12.6. The van der Waals surface area contributed by atoms with E-state index in [-0.39, 0.29) is 11.9 Å². The highest BCUT2D eigenvalue weighted by Gasteiger charge is 2.22. The summed E-state index contributed by atoms with van der Waals surface area (Å²) in [4.78, 5) is 15.1. The van der Waals surface area contributed by atoms with Gasteiger partial charge in [-0.15, -0.1) is 0 Å². The molecule has 26 heavy (non-hydrogen) atoms. The van der Waals surface area contributed by atoms with Crippen LogP contribution >= 0.6 is 11.6 Å². The molecule has 1 N–H and O–H groups in total. The second kappa shape index (κ2) is 10.6. The van der Waals surface area contributed by atoms with Crippen molar-refractivity contribution in [3.05, 3.63) is 22.7 Å². The third kappa shape index (κ3) is 5.78. The van der Waals surface area contributed by atoms with Crippen LogP contribution in [0.25, 0.3) is 0 Å². The van der Waals surface area contributed by atoms with Crippen molar-refractivity contribution in [2.75, 3.05) is 32.8 Å². The van der Waals surface area contributed by atoms with E-state index in [0.717, 1.165) is 38.9 Å². The number of piperidine rings is 1. The Hall–Kier alpha value is -1.46. The second-order valence-corrected chi connectivity index (χ2v) is 7.06. The SMILES string of the molecule is CCCOc1c(Cl)cc(C(=O)NC2CCN(CCC)CC2)cc1OCC.